The third-order valence-corrected chi connectivity index (χ3v) is 6.90. The molecule has 0 aliphatic carbocycles. The summed E-state index contributed by atoms with van der Waals surface area (Å²) in [5.41, 5.74) is 2.33. The highest BCUT2D eigenvalue weighted by atomic mass is 32.2. The first-order valence-electron chi connectivity index (χ1n) is 9.09. The second-order valence-electron chi connectivity index (χ2n) is 6.53. The summed E-state index contributed by atoms with van der Waals surface area (Å²) in [4.78, 5) is 16.9. The van der Waals surface area contributed by atoms with Crippen molar-refractivity contribution in [2.24, 2.45) is 0 Å². The van der Waals surface area contributed by atoms with Gasteiger partial charge in [0.1, 0.15) is 11.5 Å². The largest absolute Gasteiger partial charge is 0.497 e. The number of ether oxygens (including phenoxy) is 2. The van der Waals surface area contributed by atoms with Gasteiger partial charge in [-0.1, -0.05) is 17.7 Å². The number of hydrogen-bond acceptors (Lipinski definition) is 7. The maximum Gasteiger partial charge on any atom is 0.227 e. The van der Waals surface area contributed by atoms with Crippen LogP contribution >= 0.6 is 11.3 Å². The van der Waals surface area contributed by atoms with E-state index in [0.29, 0.717) is 22.3 Å². The van der Waals surface area contributed by atoms with E-state index in [1.54, 1.807) is 62.1 Å². The van der Waals surface area contributed by atoms with Crippen molar-refractivity contribution in [3.8, 4) is 22.8 Å². The highest BCUT2D eigenvalue weighted by Crippen LogP contribution is 2.35. The summed E-state index contributed by atoms with van der Waals surface area (Å²) in [5, 5.41) is 4.83. The number of carbonyl (C=O) groups is 1. The van der Waals surface area contributed by atoms with Crippen molar-refractivity contribution in [3.63, 3.8) is 0 Å². The van der Waals surface area contributed by atoms with E-state index >= 15 is 0 Å². The Morgan fingerprint density at radius 3 is 2.50 bits per heavy atom. The Balaban J connectivity index is 1.66. The number of amides is 1. The zero-order valence-corrected chi connectivity index (χ0v) is 18.5. The Hall–Kier alpha value is -2.91. The number of nitrogens with one attached hydrogen (secondary N) is 1. The summed E-state index contributed by atoms with van der Waals surface area (Å²) in [6.07, 6.45) is -0.159. The summed E-state index contributed by atoms with van der Waals surface area (Å²) in [6, 6.07) is 11.9. The zero-order chi connectivity index (χ0) is 21.7. The normalized spacial score (nSPS) is 11.2. The van der Waals surface area contributed by atoms with Crippen LogP contribution in [0.5, 0.6) is 11.5 Å². The number of benzene rings is 2. The predicted molar refractivity (Wildman–Crippen MR) is 117 cm³/mol. The van der Waals surface area contributed by atoms with Gasteiger partial charge in [0.2, 0.25) is 5.91 Å². The molecule has 1 aromatic heterocycles. The van der Waals surface area contributed by atoms with Gasteiger partial charge in [0.15, 0.2) is 15.0 Å². The van der Waals surface area contributed by atoms with Gasteiger partial charge < -0.3 is 14.8 Å². The number of methoxy groups -OCH3 is 2. The molecular weight excluding hydrogens is 424 g/mol. The van der Waals surface area contributed by atoms with Crippen LogP contribution in [0.25, 0.3) is 11.3 Å². The Bertz CT molecular complexity index is 1140. The molecule has 30 heavy (non-hydrogen) atoms. The van der Waals surface area contributed by atoms with Gasteiger partial charge in [-0.05, 0) is 37.3 Å². The lowest BCUT2D eigenvalue weighted by Gasteiger charge is -2.08. The SMILES string of the molecule is COc1ccc(OC)c(-c2csc(NC(=O)CCS(=O)(=O)c3ccc(C)cc3)n2)c1. The quantitative estimate of drug-likeness (QED) is 0.563. The maximum atomic E-state index is 12.4. The van der Waals surface area contributed by atoms with Gasteiger partial charge in [-0.2, -0.15) is 0 Å². The molecule has 1 heterocycles. The Morgan fingerprint density at radius 1 is 1.10 bits per heavy atom. The summed E-state index contributed by atoms with van der Waals surface area (Å²) < 4.78 is 35.4. The molecule has 0 fully saturated rings. The lowest BCUT2D eigenvalue weighted by Crippen LogP contribution is -2.17. The molecule has 0 aliphatic rings. The highest BCUT2D eigenvalue weighted by Gasteiger charge is 2.18. The fourth-order valence-electron chi connectivity index (χ4n) is 2.74. The minimum absolute atomic E-state index is 0.159. The van der Waals surface area contributed by atoms with E-state index in [1.807, 2.05) is 6.92 Å². The molecule has 3 rings (SSSR count). The van der Waals surface area contributed by atoms with Crippen LogP contribution in [0.4, 0.5) is 5.13 Å². The number of nitrogens with zero attached hydrogens (tertiary/aromatic N) is 1. The van der Waals surface area contributed by atoms with E-state index in [9.17, 15) is 13.2 Å². The Kier molecular flexibility index (Phi) is 6.73. The lowest BCUT2D eigenvalue weighted by atomic mass is 10.1. The van der Waals surface area contributed by atoms with E-state index in [4.69, 9.17) is 9.47 Å². The fourth-order valence-corrected chi connectivity index (χ4v) is 4.71. The van der Waals surface area contributed by atoms with Crippen molar-refractivity contribution >= 4 is 32.2 Å². The molecule has 0 spiro atoms. The van der Waals surface area contributed by atoms with Gasteiger partial charge in [-0.25, -0.2) is 13.4 Å². The van der Waals surface area contributed by atoms with Crippen molar-refractivity contribution in [3.05, 3.63) is 53.4 Å². The molecular formula is C21H22N2O5S2. The molecule has 9 heteroatoms. The van der Waals surface area contributed by atoms with E-state index in [0.717, 1.165) is 11.1 Å². The molecule has 0 unspecified atom stereocenters. The van der Waals surface area contributed by atoms with Crippen LogP contribution in [0, 0.1) is 6.92 Å². The van der Waals surface area contributed by atoms with Crippen LogP contribution in [0.3, 0.4) is 0 Å². The summed E-state index contributed by atoms with van der Waals surface area (Å²) in [5.74, 6) is 0.599. The van der Waals surface area contributed by atoms with E-state index in [2.05, 4.69) is 10.3 Å². The first-order chi connectivity index (χ1) is 14.3. The number of sulfone groups is 1. The standard InChI is InChI=1S/C21H22N2O5S2/c1-14-4-7-16(8-5-14)30(25,26)11-10-20(24)23-21-22-18(13-29-21)17-12-15(27-2)6-9-19(17)28-3/h4-9,12-13H,10-11H2,1-3H3,(H,22,23,24). The Labute approximate surface area is 179 Å². The Morgan fingerprint density at radius 2 is 1.83 bits per heavy atom. The second kappa shape index (κ2) is 9.27. The van der Waals surface area contributed by atoms with Crippen molar-refractivity contribution in [1.29, 1.82) is 0 Å². The molecule has 0 saturated carbocycles. The van der Waals surface area contributed by atoms with E-state index in [-0.39, 0.29) is 17.1 Å². The molecule has 1 N–H and O–H groups in total. The number of aromatic nitrogens is 1. The monoisotopic (exact) mass is 446 g/mol. The van der Waals surface area contributed by atoms with Crippen molar-refractivity contribution < 1.29 is 22.7 Å². The lowest BCUT2D eigenvalue weighted by molar-refractivity contribution is -0.115. The van der Waals surface area contributed by atoms with Crippen LogP contribution in [0.2, 0.25) is 0 Å². The number of hydrogen-bond donors (Lipinski definition) is 1. The molecule has 0 atom stereocenters. The van der Waals surface area contributed by atoms with Crippen LogP contribution in [0.1, 0.15) is 12.0 Å². The maximum absolute atomic E-state index is 12.4. The molecule has 7 nitrogen and oxygen atoms in total. The van der Waals surface area contributed by atoms with E-state index < -0.39 is 15.7 Å². The molecule has 158 valence electrons. The molecule has 0 bridgehead atoms. The minimum atomic E-state index is -3.53. The minimum Gasteiger partial charge on any atom is -0.497 e. The van der Waals surface area contributed by atoms with Gasteiger partial charge in [-0.3, -0.25) is 4.79 Å². The topological polar surface area (TPSA) is 94.6 Å². The molecule has 0 radical (unpaired) electrons. The molecule has 2 aromatic carbocycles. The smallest absolute Gasteiger partial charge is 0.227 e. The van der Waals surface area contributed by atoms with Gasteiger partial charge in [0, 0.05) is 17.4 Å². The van der Waals surface area contributed by atoms with Crippen LogP contribution in [-0.4, -0.2) is 39.3 Å². The number of anilines is 1. The fraction of sp³-hybridized carbons (Fsp3) is 0.238. The third kappa shape index (κ3) is 5.17. The van der Waals surface area contributed by atoms with Gasteiger partial charge in [0.05, 0.1) is 30.6 Å². The first kappa shape index (κ1) is 21.8. The summed E-state index contributed by atoms with van der Waals surface area (Å²) in [6.45, 7) is 1.88. The van der Waals surface area contributed by atoms with E-state index in [1.165, 1.54) is 11.3 Å². The van der Waals surface area contributed by atoms with Crippen LogP contribution in [-0.2, 0) is 14.6 Å². The first-order valence-corrected chi connectivity index (χ1v) is 11.6. The molecule has 3 aromatic rings. The third-order valence-electron chi connectivity index (χ3n) is 4.41. The van der Waals surface area contributed by atoms with Crippen LogP contribution < -0.4 is 14.8 Å². The van der Waals surface area contributed by atoms with Crippen molar-refractivity contribution in [2.75, 3.05) is 25.3 Å². The molecule has 0 saturated heterocycles. The predicted octanol–water partition coefficient (Wildman–Crippen LogP) is 3.94. The molecule has 1 amide bonds. The number of aryl methyl sites for hydroxylation is 1. The summed E-state index contributed by atoms with van der Waals surface area (Å²) in [7, 11) is -0.390. The number of thiazole rings is 1. The average Bonchev–Trinajstić information content (AvgIpc) is 3.20. The second-order valence-corrected chi connectivity index (χ2v) is 9.50. The van der Waals surface area contributed by atoms with Gasteiger partial charge in [-0.15, -0.1) is 11.3 Å². The van der Waals surface area contributed by atoms with Crippen molar-refractivity contribution in [2.45, 2.75) is 18.2 Å². The number of rotatable bonds is 8. The summed E-state index contributed by atoms with van der Waals surface area (Å²) >= 11 is 1.25. The average molecular weight is 447 g/mol. The van der Waals surface area contributed by atoms with Gasteiger partial charge >= 0.3 is 0 Å². The number of carbonyl (C=O) groups excluding carboxylic acids is 1. The van der Waals surface area contributed by atoms with Gasteiger partial charge in [0.25, 0.3) is 0 Å². The van der Waals surface area contributed by atoms with Crippen molar-refractivity contribution in [1.82, 2.24) is 4.98 Å². The van der Waals surface area contributed by atoms with Crippen LogP contribution in [0.15, 0.2) is 52.7 Å². The molecule has 0 aliphatic heterocycles. The highest BCUT2D eigenvalue weighted by molar-refractivity contribution is 7.91. The zero-order valence-electron chi connectivity index (χ0n) is 16.8.